The molecule has 16 bridgehead atoms. The number of ketones is 4. The molecule has 3 aromatic heterocycles. The van der Waals surface area contributed by atoms with Crippen molar-refractivity contribution in [2.45, 2.75) is 49.4 Å². The van der Waals surface area contributed by atoms with Crippen molar-refractivity contribution in [2.24, 2.45) is 23.7 Å². The van der Waals surface area contributed by atoms with Crippen molar-refractivity contribution in [1.82, 2.24) is 29.9 Å². The van der Waals surface area contributed by atoms with Crippen molar-refractivity contribution in [3.8, 4) is 0 Å². The first kappa shape index (κ1) is 27.8. The van der Waals surface area contributed by atoms with Crippen LogP contribution in [0.15, 0.2) is 60.7 Å². The predicted molar refractivity (Wildman–Crippen MR) is 190 cm³/mol. The molecule has 0 amide bonds. The third-order valence-electron chi connectivity index (χ3n) is 13.2. The van der Waals surface area contributed by atoms with Gasteiger partial charge in [0, 0.05) is 82.7 Å². The Morgan fingerprint density at radius 2 is 0.808 bits per heavy atom. The Bertz CT molecular complexity index is 2600. The van der Waals surface area contributed by atoms with E-state index < -0.39 is 23.7 Å². The number of Topliss-reactive ketones (excluding diaryl/α,β-unsaturated/α-hetero) is 4. The Labute approximate surface area is 295 Å². The van der Waals surface area contributed by atoms with Gasteiger partial charge in [0.15, 0.2) is 11.6 Å². The Morgan fingerprint density at radius 3 is 1.23 bits per heavy atom. The van der Waals surface area contributed by atoms with Crippen LogP contribution in [0.1, 0.15) is 94.6 Å². The minimum absolute atomic E-state index is 0.111. The normalized spacial score (nSPS) is 32.0. The summed E-state index contributed by atoms with van der Waals surface area (Å²) in [5, 5.41) is 0. The topological polar surface area (TPSA) is 151 Å². The largest absolute Gasteiger partial charge is 0.340 e. The molecule has 0 spiro atoms. The number of aromatic nitrogens is 6. The number of fused-ring (bicyclic) bond motifs is 12. The fourth-order valence-electron chi connectivity index (χ4n) is 11.0. The fourth-order valence-corrected chi connectivity index (χ4v) is 11.0. The van der Waals surface area contributed by atoms with E-state index in [2.05, 4.69) is 34.3 Å². The van der Waals surface area contributed by atoms with E-state index in [0.29, 0.717) is 60.0 Å². The molecule has 0 aromatic carbocycles. The molecule has 0 saturated heterocycles. The molecule has 52 heavy (non-hydrogen) atoms. The summed E-state index contributed by atoms with van der Waals surface area (Å²) in [6, 6.07) is 4.03. The zero-order valence-corrected chi connectivity index (χ0v) is 27.6. The van der Waals surface area contributed by atoms with Crippen molar-refractivity contribution in [1.29, 1.82) is 0 Å². The number of H-pyrrole nitrogens is 2. The monoisotopic (exact) mass is 680 g/mol. The highest BCUT2D eigenvalue weighted by Gasteiger charge is 2.46. The van der Waals surface area contributed by atoms with Gasteiger partial charge >= 0.3 is 0 Å². The van der Waals surface area contributed by atoms with Gasteiger partial charge in [-0.25, -0.2) is 19.9 Å². The lowest BCUT2D eigenvalue weighted by Gasteiger charge is -2.31. The number of carbonyl (C=O) groups excluding carboxylic acids is 4. The van der Waals surface area contributed by atoms with Crippen LogP contribution in [0.2, 0.25) is 0 Å². The average molecular weight is 681 g/mol. The summed E-state index contributed by atoms with van der Waals surface area (Å²) in [6.45, 7) is 0. The van der Waals surface area contributed by atoms with E-state index in [1.54, 1.807) is 0 Å². The van der Waals surface area contributed by atoms with Gasteiger partial charge in [-0.1, -0.05) is 48.6 Å². The Kier molecular flexibility index (Phi) is 4.87. The van der Waals surface area contributed by atoms with E-state index in [1.807, 2.05) is 36.4 Å². The molecule has 2 aliphatic heterocycles. The van der Waals surface area contributed by atoms with Gasteiger partial charge in [0.2, 0.25) is 0 Å². The minimum Gasteiger partial charge on any atom is -0.340 e. The van der Waals surface area contributed by atoms with Crippen LogP contribution in [0, 0.1) is 23.7 Å². The van der Waals surface area contributed by atoms with E-state index in [-0.39, 0.29) is 46.8 Å². The number of hydrogen-bond donors (Lipinski definition) is 2. The SMILES string of the molecule is O=C1CC2C=CC1C1=C2c2nc1cc1[nH]c(nc3nc(cc4[nH]c(n2)c2c4C4C=CC2C(=O)C4)C2=C3C3C=CC2C(=O)C3)c2c1C1C=CC2C(=O)C1. The van der Waals surface area contributed by atoms with Crippen molar-refractivity contribution in [3.63, 3.8) is 0 Å². The zero-order chi connectivity index (χ0) is 34.3. The van der Waals surface area contributed by atoms with Crippen LogP contribution in [0.25, 0.3) is 44.6 Å². The summed E-state index contributed by atoms with van der Waals surface area (Å²) < 4.78 is 0. The second kappa shape index (κ2) is 9.11. The Morgan fingerprint density at radius 1 is 0.423 bits per heavy atom. The summed E-state index contributed by atoms with van der Waals surface area (Å²) in [7, 11) is 0. The first-order valence-electron chi connectivity index (χ1n) is 18.3. The van der Waals surface area contributed by atoms with Gasteiger partial charge in [-0.05, 0) is 34.4 Å². The van der Waals surface area contributed by atoms with Crippen LogP contribution in [-0.2, 0) is 19.2 Å². The maximum atomic E-state index is 13.4. The molecule has 10 heteroatoms. The number of carbonyl (C=O) groups is 4. The number of rotatable bonds is 0. The molecule has 17 rings (SSSR count). The van der Waals surface area contributed by atoms with Gasteiger partial charge in [-0.15, -0.1) is 0 Å². The molecule has 250 valence electrons. The van der Waals surface area contributed by atoms with Crippen LogP contribution in [0.5, 0.6) is 0 Å². The average Bonchev–Trinajstić information content (AvgIpc) is 3.90. The predicted octanol–water partition coefficient (Wildman–Crippen LogP) is 5.90. The van der Waals surface area contributed by atoms with E-state index >= 15 is 0 Å². The highest BCUT2D eigenvalue weighted by atomic mass is 16.1. The summed E-state index contributed by atoms with van der Waals surface area (Å²) >= 11 is 0. The van der Waals surface area contributed by atoms with Gasteiger partial charge in [-0.2, -0.15) is 0 Å². The van der Waals surface area contributed by atoms with Gasteiger partial charge in [0.1, 0.15) is 34.4 Å². The van der Waals surface area contributed by atoms with Crippen LogP contribution in [0.3, 0.4) is 0 Å². The highest BCUT2D eigenvalue weighted by molar-refractivity contribution is 6.12. The number of nitrogens with zero attached hydrogens (tertiary/aromatic N) is 4. The second-order valence-electron chi connectivity index (χ2n) is 15.8. The lowest BCUT2D eigenvalue weighted by atomic mass is 9.70. The quantitative estimate of drug-likeness (QED) is 0.279. The van der Waals surface area contributed by atoms with Crippen molar-refractivity contribution < 1.29 is 19.2 Å². The standard InChI is InChI=1S/C42H28N6O4/c49-27-11-17-3-5-19(27)35-25-13-23-31-15-1-7-21(29(51)9-15)37(31)41(43-23)47-39-34-18-4-6-20(28(50)12-18)36(34)26(46-39)14-24-32-16-2-8-22(30(52)10-16)38(32)42(44-24)48-40(45-25)33(17)35/h1-8,13-22H,9-12H2,(H,43,46,47)(H,44,45,48). The number of aromatic amines is 2. The first-order chi connectivity index (χ1) is 25.4. The molecular weight excluding hydrogens is 653 g/mol. The van der Waals surface area contributed by atoms with Crippen molar-refractivity contribution >= 4 is 67.8 Å². The van der Waals surface area contributed by atoms with Crippen LogP contribution in [-0.4, -0.2) is 53.0 Å². The Hall–Kier alpha value is -5.90. The molecular formula is C42H28N6O4. The second-order valence-corrected chi connectivity index (χ2v) is 15.8. The van der Waals surface area contributed by atoms with Gasteiger partial charge in [0.25, 0.3) is 0 Å². The first-order valence-corrected chi connectivity index (χ1v) is 18.3. The number of nitrogens with one attached hydrogen (secondary N) is 2. The van der Waals surface area contributed by atoms with Gasteiger partial charge in [-0.3, -0.25) is 19.2 Å². The molecule has 3 aromatic rings. The molecule has 8 atom stereocenters. The van der Waals surface area contributed by atoms with Crippen molar-refractivity contribution in [2.75, 3.05) is 0 Å². The van der Waals surface area contributed by atoms with E-state index in [9.17, 15) is 19.2 Å². The number of allylic oxidation sites excluding steroid dienone is 12. The summed E-state index contributed by atoms with van der Waals surface area (Å²) in [4.78, 5) is 81.7. The van der Waals surface area contributed by atoms with E-state index in [0.717, 1.165) is 55.6 Å². The maximum absolute atomic E-state index is 13.4. The van der Waals surface area contributed by atoms with E-state index in [1.165, 1.54) is 0 Å². The minimum atomic E-state index is -0.420. The van der Waals surface area contributed by atoms with Gasteiger partial charge < -0.3 is 9.97 Å². The lowest BCUT2D eigenvalue weighted by Crippen LogP contribution is -2.28. The van der Waals surface area contributed by atoms with E-state index in [4.69, 9.17) is 19.9 Å². The molecule has 14 aliphatic rings. The van der Waals surface area contributed by atoms with Gasteiger partial charge in [0.05, 0.1) is 35.1 Å². The Balaban J connectivity index is 1.20. The molecule has 5 heterocycles. The summed E-state index contributed by atoms with van der Waals surface area (Å²) in [5.41, 5.74) is 11.6. The van der Waals surface area contributed by atoms with Crippen LogP contribution < -0.4 is 0 Å². The highest BCUT2D eigenvalue weighted by Crippen LogP contribution is 2.54. The maximum Gasteiger partial charge on any atom is 0.159 e. The zero-order valence-electron chi connectivity index (χ0n) is 27.6. The summed E-state index contributed by atoms with van der Waals surface area (Å²) in [6.07, 6.45) is 18.1. The molecule has 12 aliphatic carbocycles. The van der Waals surface area contributed by atoms with Crippen LogP contribution in [0.4, 0.5) is 0 Å². The lowest BCUT2D eigenvalue weighted by molar-refractivity contribution is -0.121. The van der Waals surface area contributed by atoms with Crippen LogP contribution >= 0.6 is 0 Å². The molecule has 8 unspecified atom stereocenters. The smallest absolute Gasteiger partial charge is 0.159 e. The number of hydrogen-bond acceptors (Lipinski definition) is 8. The molecule has 0 saturated carbocycles. The molecule has 10 nitrogen and oxygen atoms in total. The third kappa shape index (κ3) is 3.28. The third-order valence-corrected chi connectivity index (χ3v) is 13.2. The fraction of sp³-hybridized carbons (Fsp3) is 0.286. The molecule has 0 radical (unpaired) electrons. The van der Waals surface area contributed by atoms with Crippen molar-refractivity contribution in [3.05, 3.63) is 106 Å². The summed E-state index contributed by atoms with van der Waals surface area (Å²) in [5.74, 6) is -0.400. The molecule has 0 fully saturated rings. The molecule has 2 N–H and O–H groups in total.